The minimum atomic E-state index is 0.364. The van der Waals surface area contributed by atoms with Crippen molar-refractivity contribution in [1.29, 1.82) is 0 Å². The van der Waals surface area contributed by atoms with Crippen molar-refractivity contribution < 1.29 is 5.11 Å². The zero-order valence-electron chi connectivity index (χ0n) is 10.2. The third-order valence-corrected chi connectivity index (χ3v) is 3.62. The lowest BCUT2D eigenvalue weighted by atomic mass is 9.89. The first-order valence-corrected chi connectivity index (χ1v) is 6.20. The van der Waals surface area contributed by atoms with Gasteiger partial charge in [0.15, 0.2) is 0 Å². The van der Waals surface area contributed by atoms with Gasteiger partial charge in [-0.1, -0.05) is 12.1 Å². The Labute approximate surface area is 97.9 Å². The summed E-state index contributed by atoms with van der Waals surface area (Å²) in [4.78, 5) is 2.54. The highest BCUT2D eigenvalue weighted by atomic mass is 16.3. The molecule has 0 radical (unpaired) electrons. The third-order valence-electron chi connectivity index (χ3n) is 3.62. The Bertz CT molecular complexity index is 323. The zero-order chi connectivity index (χ0) is 11.5. The molecule has 1 N–H and O–H groups in total. The quantitative estimate of drug-likeness (QED) is 0.826. The highest BCUT2D eigenvalue weighted by Gasteiger charge is 2.21. The van der Waals surface area contributed by atoms with Crippen LogP contribution in [-0.4, -0.2) is 29.1 Å². The largest absolute Gasteiger partial charge is 0.508 e. The van der Waals surface area contributed by atoms with E-state index in [9.17, 15) is 5.11 Å². The third kappa shape index (κ3) is 2.56. The summed E-state index contributed by atoms with van der Waals surface area (Å²) in [6, 6.07) is 8.38. The molecular formula is C14H21NO. The molecule has 0 saturated carbocycles. The monoisotopic (exact) mass is 219 g/mol. The van der Waals surface area contributed by atoms with Gasteiger partial charge in [0.25, 0.3) is 0 Å². The smallest absolute Gasteiger partial charge is 0.115 e. The van der Waals surface area contributed by atoms with Crippen LogP contribution < -0.4 is 0 Å². The lowest BCUT2D eigenvalue weighted by Crippen LogP contribution is -2.37. The van der Waals surface area contributed by atoms with Crippen LogP contribution in [0.2, 0.25) is 0 Å². The molecule has 1 aliphatic heterocycles. The molecule has 0 aliphatic carbocycles. The molecule has 1 fully saturated rings. The predicted octanol–water partition coefficient (Wildman–Crippen LogP) is 2.98. The van der Waals surface area contributed by atoms with E-state index in [2.05, 4.69) is 30.9 Å². The van der Waals surface area contributed by atoms with Crippen molar-refractivity contribution in [2.24, 2.45) is 0 Å². The van der Waals surface area contributed by atoms with Gasteiger partial charge >= 0.3 is 0 Å². The SMILES string of the molecule is CC(C)N1CCC(c2ccc(O)cc2)CC1. The summed E-state index contributed by atoms with van der Waals surface area (Å²) in [5.41, 5.74) is 1.38. The fraction of sp³-hybridized carbons (Fsp3) is 0.571. The average Bonchev–Trinajstić information content (AvgIpc) is 2.30. The number of piperidine rings is 1. The molecule has 1 aliphatic rings. The van der Waals surface area contributed by atoms with Crippen molar-refractivity contribution in [3.8, 4) is 5.75 Å². The number of hydrogen-bond acceptors (Lipinski definition) is 2. The number of aromatic hydroxyl groups is 1. The zero-order valence-corrected chi connectivity index (χ0v) is 10.2. The number of rotatable bonds is 2. The molecule has 1 heterocycles. The van der Waals surface area contributed by atoms with Crippen LogP contribution in [-0.2, 0) is 0 Å². The second-order valence-electron chi connectivity index (χ2n) is 5.00. The van der Waals surface area contributed by atoms with Crippen molar-refractivity contribution in [3.05, 3.63) is 29.8 Å². The maximum atomic E-state index is 9.26. The van der Waals surface area contributed by atoms with E-state index in [1.807, 2.05) is 0 Å². The summed E-state index contributed by atoms with van der Waals surface area (Å²) >= 11 is 0. The molecular weight excluding hydrogens is 198 g/mol. The lowest BCUT2D eigenvalue weighted by molar-refractivity contribution is 0.172. The van der Waals surface area contributed by atoms with Gasteiger partial charge in [-0.3, -0.25) is 0 Å². The summed E-state index contributed by atoms with van der Waals surface area (Å²) < 4.78 is 0. The molecule has 0 bridgehead atoms. The van der Waals surface area contributed by atoms with Crippen LogP contribution in [0.3, 0.4) is 0 Å². The molecule has 0 spiro atoms. The van der Waals surface area contributed by atoms with Gasteiger partial charge in [-0.05, 0) is 63.4 Å². The second-order valence-corrected chi connectivity index (χ2v) is 5.00. The number of nitrogens with zero attached hydrogens (tertiary/aromatic N) is 1. The molecule has 0 amide bonds. The molecule has 1 saturated heterocycles. The Kier molecular flexibility index (Phi) is 3.49. The van der Waals surface area contributed by atoms with Crippen LogP contribution in [0.5, 0.6) is 5.75 Å². The highest BCUT2D eigenvalue weighted by Crippen LogP contribution is 2.29. The Hall–Kier alpha value is -1.02. The van der Waals surface area contributed by atoms with Crippen molar-refractivity contribution in [1.82, 2.24) is 4.90 Å². The normalized spacial score (nSPS) is 19.2. The van der Waals surface area contributed by atoms with Gasteiger partial charge < -0.3 is 10.0 Å². The average molecular weight is 219 g/mol. The molecule has 1 aromatic carbocycles. The van der Waals surface area contributed by atoms with E-state index in [0.717, 1.165) is 0 Å². The number of benzene rings is 1. The maximum absolute atomic E-state index is 9.26. The maximum Gasteiger partial charge on any atom is 0.115 e. The van der Waals surface area contributed by atoms with E-state index in [0.29, 0.717) is 17.7 Å². The highest BCUT2D eigenvalue weighted by molar-refractivity contribution is 5.28. The van der Waals surface area contributed by atoms with Crippen LogP contribution in [0.15, 0.2) is 24.3 Å². The first kappa shape index (κ1) is 11.5. The van der Waals surface area contributed by atoms with Gasteiger partial charge in [-0.15, -0.1) is 0 Å². The van der Waals surface area contributed by atoms with E-state index in [1.165, 1.54) is 31.5 Å². The van der Waals surface area contributed by atoms with E-state index in [1.54, 1.807) is 12.1 Å². The summed E-state index contributed by atoms with van der Waals surface area (Å²) in [5, 5.41) is 9.26. The molecule has 0 aromatic heterocycles. The molecule has 2 heteroatoms. The standard InChI is InChI=1S/C14H21NO/c1-11(2)15-9-7-13(8-10-15)12-3-5-14(16)6-4-12/h3-6,11,13,16H,7-10H2,1-2H3. The van der Waals surface area contributed by atoms with Crippen LogP contribution in [0, 0.1) is 0 Å². The van der Waals surface area contributed by atoms with Crippen LogP contribution in [0.1, 0.15) is 38.2 Å². The number of likely N-dealkylation sites (tertiary alicyclic amines) is 1. The Morgan fingerprint density at radius 2 is 1.69 bits per heavy atom. The molecule has 1 aromatic rings. The summed E-state index contributed by atoms with van der Waals surface area (Å²) in [5.74, 6) is 1.04. The van der Waals surface area contributed by atoms with E-state index in [-0.39, 0.29) is 0 Å². The number of phenolic OH excluding ortho intramolecular Hbond substituents is 1. The van der Waals surface area contributed by atoms with Gasteiger partial charge in [-0.2, -0.15) is 0 Å². The van der Waals surface area contributed by atoms with Crippen molar-refractivity contribution in [2.45, 2.75) is 38.6 Å². The van der Waals surface area contributed by atoms with Gasteiger partial charge in [0.05, 0.1) is 0 Å². The van der Waals surface area contributed by atoms with Crippen LogP contribution in [0.4, 0.5) is 0 Å². The molecule has 0 unspecified atom stereocenters. The predicted molar refractivity (Wildman–Crippen MR) is 66.8 cm³/mol. The van der Waals surface area contributed by atoms with Gasteiger partial charge in [0, 0.05) is 6.04 Å². The summed E-state index contributed by atoms with van der Waals surface area (Å²) in [7, 11) is 0. The molecule has 16 heavy (non-hydrogen) atoms. The van der Waals surface area contributed by atoms with Gasteiger partial charge in [-0.25, -0.2) is 0 Å². The Morgan fingerprint density at radius 1 is 1.12 bits per heavy atom. The topological polar surface area (TPSA) is 23.5 Å². The Balaban J connectivity index is 1.96. The minimum absolute atomic E-state index is 0.364. The second kappa shape index (κ2) is 4.88. The summed E-state index contributed by atoms with van der Waals surface area (Å²) in [6.45, 7) is 6.92. The fourth-order valence-corrected chi connectivity index (χ4v) is 2.50. The molecule has 2 nitrogen and oxygen atoms in total. The van der Waals surface area contributed by atoms with E-state index < -0.39 is 0 Å². The minimum Gasteiger partial charge on any atom is -0.508 e. The first-order valence-electron chi connectivity index (χ1n) is 6.20. The van der Waals surface area contributed by atoms with E-state index in [4.69, 9.17) is 0 Å². The fourth-order valence-electron chi connectivity index (χ4n) is 2.50. The van der Waals surface area contributed by atoms with Crippen molar-refractivity contribution >= 4 is 0 Å². The van der Waals surface area contributed by atoms with Gasteiger partial charge in [0.1, 0.15) is 5.75 Å². The lowest BCUT2D eigenvalue weighted by Gasteiger charge is -2.34. The van der Waals surface area contributed by atoms with E-state index >= 15 is 0 Å². The number of phenols is 1. The molecule has 88 valence electrons. The first-order chi connectivity index (χ1) is 7.66. The van der Waals surface area contributed by atoms with Crippen molar-refractivity contribution in [2.75, 3.05) is 13.1 Å². The van der Waals surface area contributed by atoms with Crippen LogP contribution >= 0.6 is 0 Å². The summed E-state index contributed by atoms with van der Waals surface area (Å²) in [6.07, 6.45) is 2.48. The number of hydrogen-bond donors (Lipinski definition) is 1. The van der Waals surface area contributed by atoms with Gasteiger partial charge in [0.2, 0.25) is 0 Å². The molecule has 2 rings (SSSR count). The van der Waals surface area contributed by atoms with Crippen molar-refractivity contribution in [3.63, 3.8) is 0 Å². The Morgan fingerprint density at radius 3 is 2.19 bits per heavy atom. The van der Waals surface area contributed by atoms with Crippen LogP contribution in [0.25, 0.3) is 0 Å². The molecule has 0 atom stereocenters.